The molecule has 0 saturated heterocycles. The molecule has 0 aliphatic rings. The molecule has 1 aromatic carbocycles. The third-order valence-corrected chi connectivity index (χ3v) is 3.66. The number of rotatable bonds is 4. The normalized spacial score (nSPS) is 10.2. The van der Waals surface area contributed by atoms with Gasteiger partial charge >= 0.3 is 0 Å². The highest BCUT2D eigenvalue weighted by molar-refractivity contribution is 9.10. The van der Waals surface area contributed by atoms with Gasteiger partial charge in [-0.1, -0.05) is 17.7 Å². The zero-order chi connectivity index (χ0) is 13.0. The van der Waals surface area contributed by atoms with E-state index in [1.807, 2.05) is 30.3 Å². The van der Waals surface area contributed by atoms with Crippen LogP contribution in [-0.2, 0) is 6.54 Å². The smallest absolute Gasteiger partial charge is 0.218 e. The van der Waals surface area contributed by atoms with Gasteiger partial charge in [0, 0.05) is 28.5 Å². The molecule has 0 amide bonds. The van der Waals surface area contributed by atoms with Crippen LogP contribution in [0, 0.1) is 0 Å². The summed E-state index contributed by atoms with van der Waals surface area (Å²) in [4.78, 5) is 4.15. The second-order valence-corrected chi connectivity index (χ2v) is 4.92. The van der Waals surface area contributed by atoms with E-state index >= 15 is 0 Å². The van der Waals surface area contributed by atoms with Gasteiger partial charge in [-0.25, -0.2) is 4.98 Å². The summed E-state index contributed by atoms with van der Waals surface area (Å²) < 4.78 is 6.06. The summed E-state index contributed by atoms with van der Waals surface area (Å²) in [6.45, 7) is 0.644. The fourth-order valence-corrected chi connectivity index (χ4v) is 2.04. The number of nitrogens with one attached hydrogen (secondary N) is 1. The first-order chi connectivity index (χ1) is 8.70. The quantitative estimate of drug-likeness (QED) is 0.917. The van der Waals surface area contributed by atoms with Crippen LogP contribution < -0.4 is 10.1 Å². The minimum absolute atomic E-state index is 0.637. The van der Waals surface area contributed by atoms with Gasteiger partial charge in [-0.05, 0) is 40.2 Å². The summed E-state index contributed by atoms with van der Waals surface area (Å²) in [6, 6.07) is 9.57. The lowest BCUT2D eigenvalue weighted by Crippen LogP contribution is -2.02. The number of ether oxygens (including phenoxy) is 1. The van der Waals surface area contributed by atoms with Crippen molar-refractivity contribution >= 4 is 33.2 Å². The maximum Gasteiger partial charge on any atom is 0.218 e. The number of halogens is 2. The van der Waals surface area contributed by atoms with Crippen LogP contribution in [-0.4, -0.2) is 12.1 Å². The molecular weight excluding hydrogens is 316 g/mol. The Labute approximate surface area is 119 Å². The summed E-state index contributed by atoms with van der Waals surface area (Å²) in [5.74, 6) is 0.637. The molecule has 2 aromatic rings. The number of benzene rings is 1. The van der Waals surface area contributed by atoms with Crippen molar-refractivity contribution in [3.05, 3.63) is 51.6 Å². The van der Waals surface area contributed by atoms with E-state index in [1.165, 1.54) is 0 Å². The van der Waals surface area contributed by atoms with Gasteiger partial charge in [-0.2, -0.15) is 0 Å². The van der Waals surface area contributed by atoms with Gasteiger partial charge in [-0.3, -0.25) is 0 Å². The molecule has 0 atom stereocenters. The van der Waals surface area contributed by atoms with E-state index in [-0.39, 0.29) is 0 Å². The number of methoxy groups -OCH3 is 1. The second-order valence-electron chi connectivity index (χ2n) is 3.65. The summed E-state index contributed by atoms with van der Waals surface area (Å²) in [6.07, 6.45) is 1.71. The molecule has 0 radical (unpaired) electrons. The third kappa shape index (κ3) is 3.15. The lowest BCUT2D eigenvalue weighted by atomic mass is 10.2. The van der Waals surface area contributed by atoms with Gasteiger partial charge in [0.25, 0.3) is 0 Å². The fraction of sp³-hybridized carbons (Fsp3) is 0.154. The standard InChI is InChI=1S/C13H12BrClN2O/c1-18-13-9(3-2-6-16-13)8-17-10-4-5-12(15)11(14)7-10/h2-7,17H,8H2,1H3. The third-order valence-electron chi connectivity index (χ3n) is 2.45. The summed E-state index contributed by atoms with van der Waals surface area (Å²) in [7, 11) is 1.62. The largest absolute Gasteiger partial charge is 0.481 e. The van der Waals surface area contributed by atoms with Crippen molar-refractivity contribution in [2.45, 2.75) is 6.54 Å². The summed E-state index contributed by atoms with van der Waals surface area (Å²) in [5, 5.41) is 3.99. The number of pyridine rings is 1. The number of hydrogen-bond donors (Lipinski definition) is 1. The van der Waals surface area contributed by atoms with E-state index in [9.17, 15) is 0 Å². The van der Waals surface area contributed by atoms with Gasteiger partial charge < -0.3 is 10.1 Å². The topological polar surface area (TPSA) is 34.1 Å². The molecule has 18 heavy (non-hydrogen) atoms. The summed E-state index contributed by atoms with van der Waals surface area (Å²) >= 11 is 9.33. The average Bonchev–Trinajstić information content (AvgIpc) is 2.40. The maximum absolute atomic E-state index is 5.94. The van der Waals surface area contributed by atoms with Gasteiger partial charge in [0.2, 0.25) is 5.88 Å². The van der Waals surface area contributed by atoms with Gasteiger partial charge in [0.1, 0.15) is 0 Å². The predicted molar refractivity (Wildman–Crippen MR) is 77.3 cm³/mol. The molecule has 1 N–H and O–H groups in total. The molecule has 0 aliphatic heterocycles. The van der Waals surface area contributed by atoms with Crippen LogP contribution in [0.1, 0.15) is 5.56 Å². The molecule has 5 heteroatoms. The van der Waals surface area contributed by atoms with Gasteiger partial charge in [0.05, 0.1) is 12.1 Å². The van der Waals surface area contributed by atoms with Crippen LogP contribution in [0.2, 0.25) is 5.02 Å². The Morgan fingerprint density at radius 3 is 2.94 bits per heavy atom. The molecule has 0 spiro atoms. The van der Waals surface area contributed by atoms with E-state index in [4.69, 9.17) is 16.3 Å². The zero-order valence-electron chi connectivity index (χ0n) is 9.78. The Balaban J connectivity index is 2.09. The van der Waals surface area contributed by atoms with Crippen LogP contribution >= 0.6 is 27.5 Å². The minimum Gasteiger partial charge on any atom is -0.481 e. The van der Waals surface area contributed by atoms with E-state index < -0.39 is 0 Å². The highest BCUT2D eigenvalue weighted by Crippen LogP contribution is 2.26. The Bertz CT molecular complexity index is 548. The molecule has 94 valence electrons. The van der Waals surface area contributed by atoms with E-state index in [0.29, 0.717) is 17.4 Å². The first-order valence-corrected chi connectivity index (χ1v) is 6.54. The summed E-state index contributed by atoms with van der Waals surface area (Å²) in [5.41, 5.74) is 1.99. The van der Waals surface area contributed by atoms with E-state index in [2.05, 4.69) is 26.2 Å². The monoisotopic (exact) mass is 326 g/mol. The molecule has 0 saturated carbocycles. The molecule has 1 aromatic heterocycles. The van der Waals surface area contributed by atoms with Crippen molar-refractivity contribution < 1.29 is 4.74 Å². The molecule has 0 fully saturated rings. The lowest BCUT2D eigenvalue weighted by Gasteiger charge is -2.10. The Morgan fingerprint density at radius 2 is 2.22 bits per heavy atom. The van der Waals surface area contributed by atoms with E-state index in [1.54, 1.807) is 13.3 Å². The Hall–Kier alpha value is -1.26. The van der Waals surface area contributed by atoms with Crippen molar-refractivity contribution in [3.8, 4) is 5.88 Å². The van der Waals surface area contributed by atoms with Crippen LogP contribution in [0.5, 0.6) is 5.88 Å². The van der Waals surface area contributed by atoms with Gasteiger partial charge in [0.15, 0.2) is 0 Å². The molecular formula is C13H12BrClN2O. The molecule has 2 rings (SSSR count). The Kier molecular flexibility index (Phi) is 4.44. The van der Waals surface area contributed by atoms with Crippen LogP contribution in [0.15, 0.2) is 41.0 Å². The fourth-order valence-electron chi connectivity index (χ4n) is 1.55. The molecule has 1 heterocycles. The van der Waals surface area contributed by atoms with Crippen molar-refractivity contribution in [2.75, 3.05) is 12.4 Å². The van der Waals surface area contributed by atoms with Crippen LogP contribution in [0.3, 0.4) is 0 Å². The van der Waals surface area contributed by atoms with Crippen LogP contribution in [0.4, 0.5) is 5.69 Å². The first-order valence-electron chi connectivity index (χ1n) is 5.37. The maximum atomic E-state index is 5.94. The van der Waals surface area contributed by atoms with Crippen LogP contribution in [0.25, 0.3) is 0 Å². The number of hydrogen-bond acceptors (Lipinski definition) is 3. The molecule has 0 bridgehead atoms. The van der Waals surface area contributed by atoms with Crippen molar-refractivity contribution in [1.82, 2.24) is 4.98 Å². The average molecular weight is 328 g/mol. The number of aromatic nitrogens is 1. The Morgan fingerprint density at radius 1 is 1.39 bits per heavy atom. The number of nitrogens with zero attached hydrogens (tertiary/aromatic N) is 1. The van der Waals surface area contributed by atoms with Crippen molar-refractivity contribution in [3.63, 3.8) is 0 Å². The van der Waals surface area contributed by atoms with E-state index in [0.717, 1.165) is 15.7 Å². The highest BCUT2D eigenvalue weighted by atomic mass is 79.9. The SMILES string of the molecule is COc1ncccc1CNc1ccc(Cl)c(Br)c1. The minimum atomic E-state index is 0.637. The number of anilines is 1. The van der Waals surface area contributed by atoms with Crippen molar-refractivity contribution in [1.29, 1.82) is 0 Å². The highest BCUT2D eigenvalue weighted by Gasteiger charge is 2.03. The van der Waals surface area contributed by atoms with Gasteiger partial charge in [-0.15, -0.1) is 0 Å². The predicted octanol–water partition coefficient (Wildman–Crippen LogP) is 4.12. The first kappa shape index (κ1) is 13.2. The zero-order valence-corrected chi connectivity index (χ0v) is 12.1. The molecule has 0 unspecified atom stereocenters. The molecule has 0 aliphatic carbocycles. The van der Waals surface area contributed by atoms with Crippen molar-refractivity contribution in [2.24, 2.45) is 0 Å². The molecule has 3 nitrogen and oxygen atoms in total. The second kappa shape index (κ2) is 6.07. The lowest BCUT2D eigenvalue weighted by molar-refractivity contribution is 0.393.